The first-order chi connectivity index (χ1) is 6.70. The van der Waals surface area contributed by atoms with Gasteiger partial charge in [0.2, 0.25) is 0 Å². The zero-order chi connectivity index (χ0) is 10.1. The fraction of sp³-hybridized carbons (Fsp3) is 0. The van der Waals surface area contributed by atoms with Crippen LogP contribution in [0.5, 0.6) is 0 Å². The zero-order valence-electron chi connectivity index (χ0n) is 6.98. The number of pyridine rings is 1. The molecule has 2 heterocycles. The molecule has 4 nitrogen and oxygen atoms in total. The molecule has 0 unspecified atom stereocenters. The Kier molecular flexibility index (Phi) is 1.85. The highest BCUT2D eigenvalue weighted by Crippen LogP contribution is 2.20. The van der Waals surface area contributed by atoms with Crippen molar-refractivity contribution in [1.29, 1.82) is 0 Å². The Morgan fingerprint density at radius 1 is 1.21 bits per heavy atom. The second kappa shape index (κ2) is 3.02. The lowest BCUT2D eigenvalue weighted by Crippen LogP contribution is -2.30. The average Bonchev–Trinajstić information content (AvgIpc) is 2.48. The van der Waals surface area contributed by atoms with E-state index in [4.69, 9.17) is 0 Å². The van der Waals surface area contributed by atoms with Crippen LogP contribution in [0.15, 0.2) is 30.6 Å². The minimum atomic E-state index is -0.696. The van der Waals surface area contributed by atoms with E-state index in [1.165, 1.54) is 12.3 Å². The molecule has 0 aliphatic carbocycles. The Labute approximate surface area is 78.7 Å². The van der Waals surface area contributed by atoms with Crippen LogP contribution in [0.2, 0.25) is 0 Å². The van der Waals surface area contributed by atoms with E-state index < -0.39 is 17.6 Å². The van der Waals surface area contributed by atoms with Gasteiger partial charge in [-0.25, -0.2) is 9.29 Å². The van der Waals surface area contributed by atoms with Crippen molar-refractivity contribution in [1.82, 2.24) is 4.98 Å². The minimum absolute atomic E-state index is 0.0694. The number of nitrogens with zero attached hydrogens (tertiary/aromatic N) is 2. The Hall–Kier alpha value is -2.04. The highest BCUT2D eigenvalue weighted by Gasteiger charge is 2.27. The van der Waals surface area contributed by atoms with Crippen LogP contribution in [0, 0.1) is 5.82 Å². The highest BCUT2D eigenvalue weighted by molar-refractivity contribution is 6.28. The number of carbonyl (C=O) groups excluding carboxylic acids is 2. The zero-order valence-corrected chi connectivity index (χ0v) is 6.98. The van der Waals surface area contributed by atoms with Crippen LogP contribution in [0.25, 0.3) is 0 Å². The van der Waals surface area contributed by atoms with Crippen LogP contribution in [0.1, 0.15) is 0 Å². The van der Waals surface area contributed by atoms with Crippen LogP contribution >= 0.6 is 0 Å². The van der Waals surface area contributed by atoms with Gasteiger partial charge in [-0.1, -0.05) is 0 Å². The molecule has 5 heteroatoms. The summed E-state index contributed by atoms with van der Waals surface area (Å²) >= 11 is 0. The molecule has 70 valence electrons. The summed E-state index contributed by atoms with van der Waals surface area (Å²) in [7, 11) is 0. The van der Waals surface area contributed by atoms with E-state index in [1.54, 1.807) is 0 Å². The standard InChI is InChI=1S/C9H5FN2O2/c10-6-5-11-4-3-7(6)12-8(13)1-2-9(12)14/h1-5H. The van der Waals surface area contributed by atoms with Crippen molar-refractivity contribution in [2.45, 2.75) is 0 Å². The number of hydrogen-bond donors (Lipinski definition) is 0. The van der Waals surface area contributed by atoms with Gasteiger partial charge in [0, 0.05) is 18.3 Å². The predicted molar refractivity (Wildman–Crippen MR) is 45.8 cm³/mol. The molecule has 0 spiro atoms. The Bertz CT molecular complexity index is 424. The molecule has 1 aliphatic rings. The van der Waals surface area contributed by atoms with Crippen molar-refractivity contribution in [3.05, 3.63) is 36.4 Å². The smallest absolute Gasteiger partial charge is 0.258 e. The number of anilines is 1. The number of rotatable bonds is 1. The number of imide groups is 1. The molecule has 0 saturated heterocycles. The van der Waals surface area contributed by atoms with Gasteiger partial charge in [0.05, 0.1) is 11.9 Å². The fourth-order valence-corrected chi connectivity index (χ4v) is 1.19. The van der Waals surface area contributed by atoms with Gasteiger partial charge in [-0.3, -0.25) is 14.6 Å². The molecule has 0 radical (unpaired) electrons. The molecule has 1 aromatic heterocycles. The van der Waals surface area contributed by atoms with Crippen LogP contribution in [-0.2, 0) is 9.59 Å². The van der Waals surface area contributed by atoms with Gasteiger partial charge in [-0.05, 0) is 6.07 Å². The lowest BCUT2D eigenvalue weighted by atomic mass is 10.3. The van der Waals surface area contributed by atoms with Crippen LogP contribution in [0.3, 0.4) is 0 Å². The van der Waals surface area contributed by atoms with E-state index >= 15 is 0 Å². The second-order valence-electron chi connectivity index (χ2n) is 2.67. The third-order valence-electron chi connectivity index (χ3n) is 1.80. The van der Waals surface area contributed by atoms with Crippen LogP contribution < -0.4 is 4.90 Å². The minimum Gasteiger partial charge on any atom is -0.269 e. The molecule has 0 N–H and O–H groups in total. The Morgan fingerprint density at radius 2 is 1.86 bits per heavy atom. The topological polar surface area (TPSA) is 50.3 Å². The van der Waals surface area contributed by atoms with Gasteiger partial charge >= 0.3 is 0 Å². The quantitative estimate of drug-likeness (QED) is 0.614. The van der Waals surface area contributed by atoms with Gasteiger partial charge in [0.1, 0.15) is 0 Å². The molecule has 0 bridgehead atoms. The third kappa shape index (κ3) is 1.19. The molecule has 0 aromatic carbocycles. The predicted octanol–water partition coefficient (Wildman–Crippen LogP) is 0.650. The normalized spacial score (nSPS) is 15.4. The molecule has 2 amide bonds. The first kappa shape index (κ1) is 8.55. The molecule has 1 aromatic rings. The second-order valence-corrected chi connectivity index (χ2v) is 2.67. The van der Waals surface area contributed by atoms with Gasteiger partial charge in [-0.2, -0.15) is 0 Å². The number of hydrogen-bond acceptors (Lipinski definition) is 3. The van der Waals surface area contributed by atoms with E-state index in [-0.39, 0.29) is 5.69 Å². The SMILES string of the molecule is O=C1C=CC(=O)N1c1ccncc1F. The molecule has 0 atom stereocenters. The molecular formula is C9H5FN2O2. The van der Waals surface area contributed by atoms with E-state index in [2.05, 4.69) is 4.98 Å². The summed E-state index contributed by atoms with van der Waals surface area (Å²) in [5.74, 6) is -1.78. The maximum Gasteiger partial charge on any atom is 0.258 e. The fourth-order valence-electron chi connectivity index (χ4n) is 1.19. The first-order valence-corrected chi connectivity index (χ1v) is 3.86. The Morgan fingerprint density at radius 3 is 2.43 bits per heavy atom. The van der Waals surface area contributed by atoms with Crippen LogP contribution in [-0.4, -0.2) is 16.8 Å². The van der Waals surface area contributed by atoms with Crippen molar-refractivity contribution < 1.29 is 14.0 Å². The van der Waals surface area contributed by atoms with Crippen molar-refractivity contribution in [2.24, 2.45) is 0 Å². The van der Waals surface area contributed by atoms with Crippen LogP contribution in [0.4, 0.5) is 10.1 Å². The largest absolute Gasteiger partial charge is 0.269 e. The molecule has 14 heavy (non-hydrogen) atoms. The number of amides is 2. The maximum absolute atomic E-state index is 13.2. The number of aromatic nitrogens is 1. The summed E-state index contributed by atoms with van der Waals surface area (Å²) in [6.45, 7) is 0. The summed E-state index contributed by atoms with van der Waals surface area (Å²) in [6.07, 6.45) is 4.47. The lowest BCUT2D eigenvalue weighted by Gasteiger charge is -2.13. The first-order valence-electron chi connectivity index (χ1n) is 3.86. The van der Waals surface area contributed by atoms with E-state index in [0.29, 0.717) is 0 Å². The molecular weight excluding hydrogens is 187 g/mol. The highest BCUT2D eigenvalue weighted by atomic mass is 19.1. The van der Waals surface area contributed by atoms with Gasteiger partial charge < -0.3 is 0 Å². The average molecular weight is 192 g/mol. The maximum atomic E-state index is 13.2. The molecule has 1 aliphatic heterocycles. The van der Waals surface area contributed by atoms with E-state index in [0.717, 1.165) is 23.2 Å². The van der Waals surface area contributed by atoms with Gasteiger partial charge in [0.15, 0.2) is 5.82 Å². The molecule has 0 fully saturated rings. The van der Waals surface area contributed by atoms with Crippen molar-refractivity contribution in [3.8, 4) is 0 Å². The van der Waals surface area contributed by atoms with Gasteiger partial charge in [-0.15, -0.1) is 0 Å². The number of halogens is 1. The van der Waals surface area contributed by atoms with Crippen molar-refractivity contribution in [2.75, 3.05) is 4.90 Å². The summed E-state index contributed by atoms with van der Waals surface area (Å²) in [4.78, 5) is 26.6. The summed E-state index contributed by atoms with van der Waals surface area (Å²) in [5, 5.41) is 0. The van der Waals surface area contributed by atoms with Crippen molar-refractivity contribution in [3.63, 3.8) is 0 Å². The lowest BCUT2D eigenvalue weighted by molar-refractivity contribution is -0.120. The van der Waals surface area contributed by atoms with E-state index in [9.17, 15) is 14.0 Å². The van der Waals surface area contributed by atoms with Gasteiger partial charge in [0.25, 0.3) is 11.8 Å². The monoisotopic (exact) mass is 192 g/mol. The summed E-state index contributed by atoms with van der Waals surface area (Å²) in [6, 6.07) is 1.28. The summed E-state index contributed by atoms with van der Waals surface area (Å²) in [5.41, 5.74) is -0.0694. The Balaban J connectivity index is 2.46. The van der Waals surface area contributed by atoms with E-state index in [1.807, 2.05) is 0 Å². The number of carbonyl (C=O) groups is 2. The summed E-state index contributed by atoms with van der Waals surface area (Å²) < 4.78 is 13.2. The molecule has 0 saturated carbocycles. The third-order valence-corrected chi connectivity index (χ3v) is 1.80. The van der Waals surface area contributed by atoms with Crippen molar-refractivity contribution >= 4 is 17.5 Å². The molecule has 2 rings (SSSR count).